The molecule has 0 unspecified atom stereocenters. The van der Waals surface area contributed by atoms with Crippen LogP contribution in [0.4, 0.5) is 0 Å². The topological polar surface area (TPSA) is 34.0 Å². The second kappa shape index (κ2) is 5.30. The summed E-state index contributed by atoms with van der Waals surface area (Å²) in [6.45, 7) is 9.85. The molecule has 16 heavy (non-hydrogen) atoms. The van der Waals surface area contributed by atoms with Crippen LogP contribution in [0.25, 0.3) is 0 Å². The largest absolute Gasteiger partial charge is 0.348 e. The molecule has 1 heterocycles. The fraction of sp³-hybridized carbons (Fsp3) is 0.615. The lowest BCUT2D eigenvalue weighted by Crippen LogP contribution is -2.19. The zero-order valence-electron chi connectivity index (χ0n) is 10.9. The molecule has 0 radical (unpaired) electrons. The molecule has 1 aromatic heterocycles. The van der Waals surface area contributed by atoms with Crippen LogP contribution in [-0.4, -0.2) is 23.9 Å². The molecule has 0 saturated heterocycles. The van der Waals surface area contributed by atoms with E-state index in [4.69, 9.17) is 0 Å². The summed E-state index contributed by atoms with van der Waals surface area (Å²) in [5.41, 5.74) is 3.12. The highest BCUT2D eigenvalue weighted by molar-refractivity contribution is 5.98. The van der Waals surface area contributed by atoms with Gasteiger partial charge in [-0.25, -0.2) is 0 Å². The first-order chi connectivity index (χ1) is 7.47. The molecule has 0 spiro atoms. The number of hydrogen-bond donors (Lipinski definition) is 1. The summed E-state index contributed by atoms with van der Waals surface area (Å²) in [6.07, 6.45) is 0. The van der Waals surface area contributed by atoms with Crippen LogP contribution in [0.2, 0.25) is 0 Å². The minimum Gasteiger partial charge on any atom is -0.348 e. The van der Waals surface area contributed by atoms with Crippen LogP contribution in [0.1, 0.15) is 35.6 Å². The number of rotatable bonds is 5. The fourth-order valence-electron chi connectivity index (χ4n) is 1.99. The van der Waals surface area contributed by atoms with E-state index >= 15 is 0 Å². The van der Waals surface area contributed by atoms with E-state index in [9.17, 15) is 4.79 Å². The third-order valence-electron chi connectivity index (χ3n) is 2.76. The molecule has 0 aliphatic rings. The minimum absolute atomic E-state index is 0.172. The molecule has 3 heteroatoms. The number of nitrogens with zero attached hydrogens (tertiary/aromatic N) is 1. The van der Waals surface area contributed by atoms with Gasteiger partial charge in [-0.1, -0.05) is 13.8 Å². The minimum atomic E-state index is 0.172. The van der Waals surface area contributed by atoms with Crippen LogP contribution >= 0.6 is 0 Å². The van der Waals surface area contributed by atoms with Crippen molar-refractivity contribution in [3.63, 3.8) is 0 Å². The van der Waals surface area contributed by atoms with Crippen molar-refractivity contribution in [2.24, 2.45) is 5.92 Å². The highest BCUT2D eigenvalue weighted by Crippen LogP contribution is 2.17. The number of carbonyl (C=O) groups excluding carboxylic acids is 1. The maximum atomic E-state index is 11.8. The lowest BCUT2D eigenvalue weighted by atomic mass is 10.1. The molecule has 0 atom stereocenters. The molecule has 0 aliphatic heterocycles. The van der Waals surface area contributed by atoms with Gasteiger partial charge in [0.1, 0.15) is 0 Å². The summed E-state index contributed by atoms with van der Waals surface area (Å²) in [6, 6.07) is 2.00. The van der Waals surface area contributed by atoms with E-state index in [2.05, 4.69) is 30.7 Å². The van der Waals surface area contributed by atoms with Crippen LogP contribution in [0.5, 0.6) is 0 Å². The Labute approximate surface area is 97.8 Å². The van der Waals surface area contributed by atoms with Crippen molar-refractivity contribution in [2.75, 3.05) is 13.6 Å². The van der Waals surface area contributed by atoms with Crippen molar-refractivity contribution in [3.05, 3.63) is 23.0 Å². The van der Waals surface area contributed by atoms with E-state index < -0.39 is 0 Å². The molecular weight excluding hydrogens is 200 g/mol. The van der Waals surface area contributed by atoms with Crippen molar-refractivity contribution in [3.8, 4) is 0 Å². The van der Waals surface area contributed by atoms with E-state index in [0.29, 0.717) is 12.5 Å². The number of likely N-dealkylation sites (N-methyl/N-ethyl adjacent to an activating group) is 1. The number of aromatic nitrogens is 1. The standard InChI is InChI=1S/C13H22N2O/c1-9(2)8-15-10(3)6-12(11(15)4)13(16)7-14-5/h6,9,14H,7-8H2,1-5H3. The first kappa shape index (κ1) is 13.0. The lowest BCUT2D eigenvalue weighted by Gasteiger charge is -2.12. The van der Waals surface area contributed by atoms with Crippen molar-refractivity contribution in [1.29, 1.82) is 0 Å². The summed E-state index contributed by atoms with van der Waals surface area (Å²) in [7, 11) is 1.80. The van der Waals surface area contributed by atoms with E-state index in [1.807, 2.05) is 13.0 Å². The van der Waals surface area contributed by atoms with Crippen LogP contribution < -0.4 is 5.32 Å². The average molecular weight is 222 g/mol. The van der Waals surface area contributed by atoms with Gasteiger partial charge >= 0.3 is 0 Å². The Balaban J connectivity index is 3.01. The number of aryl methyl sites for hydroxylation is 1. The van der Waals surface area contributed by atoms with E-state index in [1.54, 1.807) is 7.05 Å². The molecule has 90 valence electrons. The molecule has 1 rings (SSSR count). The lowest BCUT2D eigenvalue weighted by molar-refractivity contribution is 0.0993. The SMILES string of the molecule is CNCC(=O)c1cc(C)n(CC(C)C)c1C. The van der Waals surface area contributed by atoms with Gasteiger partial charge < -0.3 is 9.88 Å². The van der Waals surface area contributed by atoms with Crippen molar-refractivity contribution in [2.45, 2.75) is 34.2 Å². The monoisotopic (exact) mass is 222 g/mol. The summed E-state index contributed by atoms with van der Waals surface area (Å²) in [5, 5.41) is 2.90. The van der Waals surface area contributed by atoms with Gasteiger partial charge in [0.25, 0.3) is 0 Å². The Morgan fingerprint density at radius 1 is 1.44 bits per heavy atom. The highest BCUT2D eigenvalue weighted by atomic mass is 16.1. The van der Waals surface area contributed by atoms with Gasteiger partial charge in [0.2, 0.25) is 0 Å². The first-order valence-corrected chi connectivity index (χ1v) is 5.81. The maximum Gasteiger partial charge on any atom is 0.178 e. The average Bonchev–Trinajstić information content (AvgIpc) is 2.45. The number of Topliss-reactive ketones (excluding diaryl/α,β-unsaturated/α-hetero) is 1. The fourth-order valence-corrected chi connectivity index (χ4v) is 1.99. The van der Waals surface area contributed by atoms with Crippen LogP contribution in [-0.2, 0) is 6.54 Å². The zero-order chi connectivity index (χ0) is 12.3. The molecule has 0 bridgehead atoms. The Kier molecular flexibility index (Phi) is 4.30. The highest BCUT2D eigenvalue weighted by Gasteiger charge is 2.15. The number of carbonyl (C=O) groups is 1. The Morgan fingerprint density at radius 3 is 2.56 bits per heavy atom. The first-order valence-electron chi connectivity index (χ1n) is 5.81. The maximum absolute atomic E-state index is 11.8. The van der Waals surface area contributed by atoms with Crippen LogP contribution in [0.15, 0.2) is 6.07 Å². The van der Waals surface area contributed by atoms with Gasteiger partial charge in [-0.15, -0.1) is 0 Å². The number of ketones is 1. The van der Waals surface area contributed by atoms with Crippen LogP contribution in [0, 0.1) is 19.8 Å². The summed E-state index contributed by atoms with van der Waals surface area (Å²) >= 11 is 0. The molecular formula is C13H22N2O. The third kappa shape index (κ3) is 2.73. The summed E-state index contributed by atoms with van der Waals surface area (Å²) in [5.74, 6) is 0.766. The van der Waals surface area contributed by atoms with Gasteiger partial charge in [0, 0.05) is 23.5 Å². The van der Waals surface area contributed by atoms with E-state index in [0.717, 1.165) is 17.8 Å². The second-order valence-corrected chi connectivity index (χ2v) is 4.74. The van der Waals surface area contributed by atoms with Crippen LogP contribution in [0.3, 0.4) is 0 Å². The van der Waals surface area contributed by atoms with Crippen molar-refractivity contribution >= 4 is 5.78 Å². The van der Waals surface area contributed by atoms with Gasteiger partial charge in [-0.2, -0.15) is 0 Å². The smallest absolute Gasteiger partial charge is 0.178 e. The molecule has 3 nitrogen and oxygen atoms in total. The molecule has 0 saturated carbocycles. The molecule has 0 fully saturated rings. The quantitative estimate of drug-likeness (QED) is 0.775. The number of hydrogen-bond acceptors (Lipinski definition) is 2. The predicted octanol–water partition coefficient (Wildman–Crippen LogP) is 2.16. The molecule has 1 aromatic rings. The summed E-state index contributed by atoms with van der Waals surface area (Å²) < 4.78 is 2.23. The van der Waals surface area contributed by atoms with Crippen molar-refractivity contribution < 1.29 is 4.79 Å². The van der Waals surface area contributed by atoms with E-state index in [-0.39, 0.29) is 5.78 Å². The number of nitrogens with one attached hydrogen (secondary N) is 1. The third-order valence-corrected chi connectivity index (χ3v) is 2.76. The van der Waals surface area contributed by atoms with E-state index in [1.165, 1.54) is 5.69 Å². The predicted molar refractivity (Wildman–Crippen MR) is 67.0 cm³/mol. The molecule has 1 N–H and O–H groups in total. The molecule has 0 amide bonds. The van der Waals surface area contributed by atoms with Crippen molar-refractivity contribution in [1.82, 2.24) is 9.88 Å². The Morgan fingerprint density at radius 2 is 2.06 bits per heavy atom. The summed E-state index contributed by atoms with van der Waals surface area (Å²) in [4.78, 5) is 11.8. The van der Waals surface area contributed by atoms with Gasteiger partial charge in [-0.3, -0.25) is 4.79 Å². The van der Waals surface area contributed by atoms with Gasteiger partial charge in [0.15, 0.2) is 5.78 Å². The van der Waals surface area contributed by atoms with Gasteiger partial charge in [-0.05, 0) is 32.9 Å². The Bertz CT molecular complexity index is 378. The van der Waals surface area contributed by atoms with Gasteiger partial charge in [0.05, 0.1) is 6.54 Å². The Hall–Kier alpha value is -1.09. The second-order valence-electron chi connectivity index (χ2n) is 4.74. The zero-order valence-corrected chi connectivity index (χ0v) is 10.9. The molecule has 0 aromatic carbocycles. The normalized spacial score (nSPS) is 11.1. The molecule has 0 aliphatic carbocycles.